The van der Waals surface area contributed by atoms with Gasteiger partial charge in [0.1, 0.15) is 12.6 Å². The Labute approximate surface area is 148 Å². The molecule has 0 aliphatic carbocycles. The molecule has 1 heterocycles. The number of nitrogens with one attached hydrogen (secondary N) is 2. The van der Waals surface area contributed by atoms with Crippen molar-refractivity contribution in [2.45, 2.75) is 32.2 Å². The molecule has 25 heavy (non-hydrogen) atoms. The minimum Gasteiger partial charge on any atom is -0.341 e. The number of carbonyl (C=O) groups excluding carboxylic acids is 2. The lowest BCUT2D eigenvalue weighted by Crippen LogP contribution is -2.52. The van der Waals surface area contributed by atoms with Crippen molar-refractivity contribution in [2.75, 3.05) is 19.6 Å². The molecule has 0 radical (unpaired) electrons. The van der Waals surface area contributed by atoms with Crippen LogP contribution in [0.4, 0.5) is 4.79 Å². The first kappa shape index (κ1) is 18.5. The number of amides is 3. The predicted octanol–water partition coefficient (Wildman–Crippen LogP) is 2.29. The van der Waals surface area contributed by atoms with Crippen LogP contribution in [0.3, 0.4) is 0 Å². The lowest BCUT2D eigenvalue weighted by Gasteiger charge is -2.28. The molecule has 1 atom stereocenters. The molecule has 0 fully saturated rings. The van der Waals surface area contributed by atoms with Crippen molar-refractivity contribution in [3.63, 3.8) is 0 Å². The molecule has 6 heteroatoms. The van der Waals surface area contributed by atoms with E-state index in [0.717, 1.165) is 12.8 Å². The first-order chi connectivity index (χ1) is 12.2. The molecule has 1 unspecified atom stereocenters. The van der Waals surface area contributed by atoms with Crippen LogP contribution in [0.5, 0.6) is 0 Å². The monoisotopic (exact) mass is 340 g/mol. The Morgan fingerprint density at radius 1 is 1.32 bits per heavy atom. The van der Waals surface area contributed by atoms with Crippen molar-refractivity contribution in [2.24, 2.45) is 0 Å². The predicted molar refractivity (Wildman–Crippen MR) is 96.5 cm³/mol. The van der Waals surface area contributed by atoms with Gasteiger partial charge in [-0.05, 0) is 24.0 Å². The van der Waals surface area contributed by atoms with Gasteiger partial charge in [-0.15, -0.1) is 0 Å². The summed E-state index contributed by atoms with van der Waals surface area (Å²) in [6.45, 7) is 3.04. The van der Waals surface area contributed by atoms with E-state index in [1.165, 1.54) is 11.1 Å². The number of benzene rings is 1. The van der Waals surface area contributed by atoms with E-state index in [-0.39, 0.29) is 18.5 Å². The smallest absolute Gasteiger partial charge is 0.318 e. The van der Waals surface area contributed by atoms with Crippen molar-refractivity contribution in [3.8, 4) is 6.07 Å². The number of nitrogens with zero attached hydrogens (tertiary/aromatic N) is 2. The molecule has 132 valence electrons. The van der Waals surface area contributed by atoms with E-state index in [9.17, 15) is 9.59 Å². The minimum atomic E-state index is -0.606. The maximum Gasteiger partial charge on any atom is 0.318 e. The molecule has 1 aromatic rings. The highest BCUT2D eigenvalue weighted by atomic mass is 16.2. The summed E-state index contributed by atoms with van der Waals surface area (Å²) in [6.07, 6.45) is 4.16. The zero-order chi connectivity index (χ0) is 18.1. The van der Waals surface area contributed by atoms with Crippen LogP contribution in [0.2, 0.25) is 0 Å². The van der Waals surface area contributed by atoms with E-state index in [0.29, 0.717) is 19.5 Å². The molecule has 1 aromatic carbocycles. The van der Waals surface area contributed by atoms with Gasteiger partial charge in [-0.3, -0.25) is 4.79 Å². The Kier molecular flexibility index (Phi) is 7.02. The summed E-state index contributed by atoms with van der Waals surface area (Å²) in [7, 11) is 0. The van der Waals surface area contributed by atoms with Gasteiger partial charge in [-0.25, -0.2) is 4.79 Å². The lowest BCUT2D eigenvalue weighted by atomic mass is 10.00. The van der Waals surface area contributed by atoms with E-state index < -0.39 is 6.04 Å². The summed E-state index contributed by atoms with van der Waals surface area (Å²) in [5.41, 5.74) is 2.42. The first-order valence-corrected chi connectivity index (χ1v) is 8.60. The number of hydrogen-bond acceptors (Lipinski definition) is 3. The molecule has 0 aromatic heterocycles. The van der Waals surface area contributed by atoms with Gasteiger partial charge in [0.25, 0.3) is 0 Å². The third-order valence-electron chi connectivity index (χ3n) is 4.17. The first-order valence-electron chi connectivity index (χ1n) is 8.60. The molecular weight excluding hydrogens is 316 g/mol. The van der Waals surface area contributed by atoms with Crippen molar-refractivity contribution < 1.29 is 9.59 Å². The van der Waals surface area contributed by atoms with Crippen molar-refractivity contribution in [1.29, 1.82) is 5.26 Å². The van der Waals surface area contributed by atoms with Gasteiger partial charge in [0.15, 0.2) is 0 Å². The molecule has 1 aliphatic heterocycles. The van der Waals surface area contributed by atoms with Crippen LogP contribution in [0.25, 0.3) is 5.57 Å². The maximum absolute atomic E-state index is 12.4. The number of hydrogen-bond donors (Lipinski definition) is 2. The van der Waals surface area contributed by atoms with Crippen molar-refractivity contribution in [1.82, 2.24) is 15.5 Å². The summed E-state index contributed by atoms with van der Waals surface area (Å²) in [6, 6.07) is 11.2. The van der Waals surface area contributed by atoms with Crippen LogP contribution >= 0.6 is 0 Å². The average Bonchev–Trinajstić information content (AvgIpc) is 2.66. The van der Waals surface area contributed by atoms with Gasteiger partial charge >= 0.3 is 6.03 Å². The summed E-state index contributed by atoms with van der Waals surface area (Å²) in [5.74, 6) is -0.311. The highest BCUT2D eigenvalue weighted by Crippen LogP contribution is 2.21. The molecular formula is C19H24N4O2. The Morgan fingerprint density at radius 3 is 2.68 bits per heavy atom. The second kappa shape index (κ2) is 9.48. The van der Waals surface area contributed by atoms with E-state index >= 15 is 0 Å². The fourth-order valence-corrected chi connectivity index (χ4v) is 2.82. The van der Waals surface area contributed by atoms with E-state index in [1.54, 1.807) is 4.90 Å². The summed E-state index contributed by atoms with van der Waals surface area (Å²) in [5, 5.41) is 13.9. The molecule has 6 nitrogen and oxygen atoms in total. The van der Waals surface area contributed by atoms with Crippen LogP contribution in [0, 0.1) is 11.3 Å². The Morgan fingerprint density at radius 2 is 2.08 bits per heavy atom. The number of urea groups is 1. The van der Waals surface area contributed by atoms with Crippen LogP contribution in [0.15, 0.2) is 36.4 Å². The SMILES string of the molecule is CCCC(NC(=O)N1CC=C(c2ccccc2)CC1)C(=O)NCC#N. The molecule has 0 saturated heterocycles. The van der Waals surface area contributed by atoms with Gasteiger partial charge in [0.05, 0.1) is 6.07 Å². The minimum absolute atomic E-state index is 0.0538. The molecule has 0 saturated carbocycles. The Hall–Kier alpha value is -2.81. The molecule has 0 spiro atoms. The van der Waals surface area contributed by atoms with E-state index in [1.807, 2.05) is 31.2 Å². The van der Waals surface area contributed by atoms with Crippen LogP contribution in [-0.2, 0) is 4.79 Å². The van der Waals surface area contributed by atoms with Gasteiger partial charge in [0, 0.05) is 13.1 Å². The Balaban J connectivity index is 1.93. The second-order valence-electron chi connectivity index (χ2n) is 5.96. The molecule has 1 aliphatic rings. The van der Waals surface area contributed by atoms with Gasteiger partial charge in [-0.2, -0.15) is 5.26 Å². The number of nitriles is 1. The van der Waals surface area contributed by atoms with Gasteiger partial charge in [-0.1, -0.05) is 49.8 Å². The van der Waals surface area contributed by atoms with Crippen molar-refractivity contribution in [3.05, 3.63) is 42.0 Å². The van der Waals surface area contributed by atoms with Gasteiger partial charge < -0.3 is 15.5 Å². The quantitative estimate of drug-likeness (QED) is 0.779. The Bertz CT molecular complexity index is 664. The van der Waals surface area contributed by atoms with Crippen LogP contribution in [-0.4, -0.2) is 42.5 Å². The zero-order valence-electron chi connectivity index (χ0n) is 14.5. The largest absolute Gasteiger partial charge is 0.341 e. The fourth-order valence-electron chi connectivity index (χ4n) is 2.82. The van der Waals surface area contributed by atoms with Gasteiger partial charge in [0.2, 0.25) is 5.91 Å². The van der Waals surface area contributed by atoms with Crippen LogP contribution < -0.4 is 10.6 Å². The second-order valence-corrected chi connectivity index (χ2v) is 5.96. The maximum atomic E-state index is 12.4. The molecule has 0 bridgehead atoms. The molecule has 2 rings (SSSR count). The summed E-state index contributed by atoms with van der Waals surface area (Å²) < 4.78 is 0. The topological polar surface area (TPSA) is 85.2 Å². The fraction of sp³-hybridized carbons (Fsp3) is 0.421. The third kappa shape index (κ3) is 5.35. The normalized spacial score (nSPS) is 14.9. The number of carbonyl (C=O) groups is 2. The molecule has 3 amide bonds. The standard InChI is InChI=1S/C19H24N4O2/c1-2-6-17(18(24)21-12-11-20)22-19(25)23-13-9-16(10-14-23)15-7-4-3-5-8-15/h3-5,7-9,17H,2,6,10,12-14H2,1H3,(H,21,24)(H,22,25). The average molecular weight is 340 g/mol. The zero-order valence-corrected chi connectivity index (χ0v) is 14.5. The van der Waals surface area contributed by atoms with E-state index in [2.05, 4.69) is 28.8 Å². The van der Waals surface area contributed by atoms with E-state index in [4.69, 9.17) is 5.26 Å². The lowest BCUT2D eigenvalue weighted by molar-refractivity contribution is -0.122. The molecule has 2 N–H and O–H groups in total. The summed E-state index contributed by atoms with van der Waals surface area (Å²) >= 11 is 0. The highest BCUT2D eigenvalue weighted by molar-refractivity contribution is 5.87. The number of rotatable bonds is 6. The van der Waals surface area contributed by atoms with Crippen molar-refractivity contribution >= 4 is 17.5 Å². The van der Waals surface area contributed by atoms with Crippen LogP contribution in [0.1, 0.15) is 31.7 Å². The summed E-state index contributed by atoms with van der Waals surface area (Å²) in [4.78, 5) is 26.2. The highest BCUT2D eigenvalue weighted by Gasteiger charge is 2.24. The third-order valence-corrected chi connectivity index (χ3v) is 4.17.